The molecule has 0 fully saturated rings. The van der Waals surface area contributed by atoms with Gasteiger partial charge in [0.15, 0.2) is 0 Å². The van der Waals surface area contributed by atoms with Crippen molar-refractivity contribution in [2.75, 3.05) is 31.2 Å². The summed E-state index contributed by atoms with van der Waals surface area (Å²) in [6.45, 7) is 9.96. The van der Waals surface area contributed by atoms with Crippen molar-refractivity contribution in [1.82, 2.24) is 9.78 Å². The zero-order chi connectivity index (χ0) is 12.8. The van der Waals surface area contributed by atoms with E-state index in [4.69, 9.17) is 10.5 Å². The SMILES string of the molecule is CCOCCN(CC)c1c(CN)c(C)nn1C. The molecule has 1 aromatic rings. The van der Waals surface area contributed by atoms with Crippen LogP contribution in [0.25, 0.3) is 0 Å². The summed E-state index contributed by atoms with van der Waals surface area (Å²) >= 11 is 0. The first-order chi connectivity index (χ1) is 8.15. The van der Waals surface area contributed by atoms with Crippen molar-refractivity contribution < 1.29 is 4.74 Å². The van der Waals surface area contributed by atoms with Gasteiger partial charge in [0.05, 0.1) is 12.3 Å². The second-order valence-corrected chi connectivity index (χ2v) is 3.99. The molecule has 0 unspecified atom stereocenters. The molecule has 5 nitrogen and oxygen atoms in total. The summed E-state index contributed by atoms with van der Waals surface area (Å²) in [4.78, 5) is 2.26. The Morgan fingerprint density at radius 1 is 1.41 bits per heavy atom. The Morgan fingerprint density at radius 2 is 2.12 bits per heavy atom. The minimum Gasteiger partial charge on any atom is -0.380 e. The molecule has 0 saturated carbocycles. The van der Waals surface area contributed by atoms with Crippen LogP contribution in [0.4, 0.5) is 5.82 Å². The molecule has 1 heterocycles. The Hall–Kier alpha value is -1.07. The van der Waals surface area contributed by atoms with Crippen LogP contribution in [-0.4, -0.2) is 36.1 Å². The molecule has 17 heavy (non-hydrogen) atoms. The molecule has 0 radical (unpaired) electrons. The van der Waals surface area contributed by atoms with Crippen LogP contribution in [0, 0.1) is 6.92 Å². The van der Waals surface area contributed by atoms with Crippen LogP contribution in [0.5, 0.6) is 0 Å². The predicted molar refractivity (Wildman–Crippen MR) is 70.2 cm³/mol. The number of hydrogen-bond donors (Lipinski definition) is 1. The fourth-order valence-corrected chi connectivity index (χ4v) is 2.06. The van der Waals surface area contributed by atoms with Crippen LogP contribution >= 0.6 is 0 Å². The summed E-state index contributed by atoms with van der Waals surface area (Å²) in [7, 11) is 1.96. The largest absolute Gasteiger partial charge is 0.380 e. The van der Waals surface area contributed by atoms with Crippen molar-refractivity contribution in [3.05, 3.63) is 11.3 Å². The maximum Gasteiger partial charge on any atom is 0.131 e. The van der Waals surface area contributed by atoms with Crippen molar-refractivity contribution >= 4 is 5.82 Å². The first kappa shape index (κ1) is 14.0. The average Bonchev–Trinajstić information content (AvgIpc) is 2.59. The van der Waals surface area contributed by atoms with Crippen molar-refractivity contribution in [1.29, 1.82) is 0 Å². The molecule has 2 N–H and O–H groups in total. The van der Waals surface area contributed by atoms with Crippen LogP contribution in [-0.2, 0) is 18.3 Å². The number of nitrogens with two attached hydrogens (primary N) is 1. The second kappa shape index (κ2) is 6.61. The first-order valence-corrected chi connectivity index (χ1v) is 6.20. The van der Waals surface area contributed by atoms with Gasteiger partial charge in [-0.25, -0.2) is 0 Å². The van der Waals surface area contributed by atoms with E-state index in [0.717, 1.165) is 43.4 Å². The van der Waals surface area contributed by atoms with E-state index in [0.29, 0.717) is 6.54 Å². The molecular weight excluding hydrogens is 216 g/mol. The summed E-state index contributed by atoms with van der Waals surface area (Å²) in [6, 6.07) is 0. The molecule has 0 aliphatic rings. The number of nitrogens with zero attached hydrogens (tertiary/aromatic N) is 3. The van der Waals surface area contributed by atoms with Gasteiger partial charge < -0.3 is 15.4 Å². The number of rotatable bonds is 7. The van der Waals surface area contributed by atoms with Crippen molar-refractivity contribution in [2.45, 2.75) is 27.3 Å². The monoisotopic (exact) mass is 240 g/mol. The summed E-state index contributed by atoms with van der Waals surface area (Å²) < 4.78 is 7.31. The van der Waals surface area contributed by atoms with Gasteiger partial charge in [0.1, 0.15) is 5.82 Å². The molecular formula is C12H24N4O. The van der Waals surface area contributed by atoms with Gasteiger partial charge in [0, 0.05) is 38.9 Å². The summed E-state index contributed by atoms with van der Waals surface area (Å²) in [5.74, 6) is 1.12. The van der Waals surface area contributed by atoms with E-state index in [2.05, 4.69) is 16.9 Å². The fourth-order valence-electron chi connectivity index (χ4n) is 2.06. The lowest BCUT2D eigenvalue weighted by molar-refractivity contribution is 0.153. The fraction of sp³-hybridized carbons (Fsp3) is 0.750. The Kier molecular flexibility index (Phi) is 5.44. The molecule has 0 bridgehead atoms. The highest BCUT2D eigenvalue weighted by Crippen LogP contribution is 2.22. The number of likely N-dealkylation sites (N-methyl/N-ethyl adjacent to an activating group) is 1. The molecule has 1 aromatic heterocycles. The lowest BCUT2D eigenvalue weighted by Crippen LogP contribution is -2.30. The van der Waals surface area contributed by atoms with Crippen LogP contribution < -0.4 is 10.6 Å². The van der Waals surface area contributed by atoms with Gasteiger partial charge in [-0.1, -0.05) is 0 Å². The van der Waals surface area contributed by atoms with E-state index >= 15 is 0 Å². The third kappa shape index (κ3) is 3.20. The second-order valence-electron chi connectivity index (χ2n) is 3.99. The van der Waals surface area contributed by atoms with E-state index < -0.39 is 0 Å². The number of anilines is 1. The number of aryl methyl sites for hydroxylation is 2. The number of hydrogen-bond acceptors (Lipinski definition) is 4. The van der Waals surface area contributed by atoms with Crippen molar-refractivity contribution in [3.63, 3.8) is 0 Å². The molecule has 5 heteroatoms. The molecule has 0 atom stereocenters. The highest BCUT2D eigenvalue weighted by atomic mass is 16.5. The van der Waals surface area contributed by atoms with Gasteiger partial charge in [-0.15, -0.1) is 0 Å². The molecule has 0 aliphatic carbocycles. The topological polar surface area (TPSA) is 56.3 Å². The third-order valence-electron chi connectivity index (χ3n) is 2.91. The average molecular weight is 240 g/mol. The molecule has 1 rings (SSSR count). The van der Waals surface area contributed by atoms with Gasteiger partial charge in [-0.05, 0) is 20.8 Å². The highest BCUT2D eigenvalue weighted by Gasteiger charge is 2.16. The zero-order valence-corrected chi connectivity index (χ0v) is 11.4. The molecule has 98 valence electrons. The van der Waals surface area contributed by atoms with Crippen LogP contribution in [0.3, 0.4) is 0 Å². The smallest absolute Gasteiger partial charge is 0.131 e. The van der Waals surface area contributed by atoms with E-state index in [9.17, 15) is 0 Å². The summed E-state index contributed by atoms with van der Waals surface area (Å²) in [5.41, 5.74) is 7.95. The van der Waals surface area contributed by atoms with E-state index in [1.54, 1.807) is 0 Å². The summed E-state index contributed by atoms with van der Waals surface area (Å²) in [6.07, 6.45) is 0. The Bertz CT molecular complexity index is 349. The lowest BCUT2D eigenvalue weighted by atomic mass is 10.2. The van der Waals surface area contributed by atoms with Crippen molar-refractivity contribution in [3.8, 4) is 0 Å². The highest BCUT2D eigenvalue weighted by molar-refractivity contribution is 5.50. The molecule has 0 saturated heterocycles. The van der Waals surface area contributed by atoms with Crippen molar-refractivity contribution in [2.24, 2.45) is 12.8 Å². The van der Waals surface area contributed by atoms with Gasteiger partial charge in [0.25, 0.3) is 0 Å². The van der Waals surface area contributed by atoms with E-state index in [1.165, 1.54) is 0 Å². The lowest BCUT2D eigenvalue weighted by Gasteiger charge is -2.24. The standard InChI is InChI=1S/C12H24N4O/c1-5-16(7-8-17-6-2)12-11(9-13)10(3)14-15(12)4/h5-9,13H2,1-4H3. The Labute approximate surface area is 104 Å². The third-order valence-corrected chi connectivity index (χ3v) is 2.91. The molecule has 0 aromatic carbocycles. The van der Waals surface area contributed by atoms with Gasteiger partial charge in [-0.2, -0.15) is 5.10 Å². The van der Waals surface area contributed by atoms with Crippen LogP contribution in [0.2, 0.25) is 0 Å². The Balaban J connectivity index is 2.86. The van der Waals surface area contributed by atoms with Gasteiger partial charge in [-0.3, -0.25) is 4.68 Å². The van der Waals surface area contributed by atoms with E-state index in [-0.39, 0.29) is 0 Å². The van der Waals surface area contributed by atoms with Gasteiger partial charge in [0.2, 0.25) is 0 Å². The van der Waals surface area contributed by atoms with Crippen LogP contribution in [0.15, 0.2) is 0 Å². The molecule has 0 amide bonds. The summed E-state index contributed by atoms with van der Waals surface area (Å²) in [5, 5.41) is 4.43. The first-order valence-electron chi connectivity index (χ1n) is 6.20. The molecule has 0 spiro atoms. The zero-order valence-electron chi connectivity index (χ0n) is 11.4. The Morgan fingerprint density at radius 3 is 2.65 bits per heavy atom. The van der Waals surface area contributed by atoms with Crippen LogP contribution in [0.1, 0.15) is 25.1 Å². The maximum absolute atomic E-state index is 5.80. The number of aromatic nitrogens is 2. The minimum absolute atomic E-state index is 0.528. The van der Waals surface area contributed by atoms with E-state index in [1.807, 2.05) is 25.6 Å². The molecule has 0 aliphatic heterocycles. The number of ether oxygens (including phenoxy) is 1. The quantitative estimate of drug-likeness (QED) is 0.724. The minimum atomic E-state index is 0.528. The van der Waals surface area contributed by atoms with Gasteiger partial charge >= 0.3 is 0 Å². The maximum atomic E-state index is 5.80. The normalized spacial score (nSPS) is 10.9. The predicted octanol–water partition coefficient (Wildman–Crippen LogP) is 1.05.